The van der Waals surface area contributed by atoms with Gasteiger partial charge in [0.1, 0.15) is 5.69 Å². The quantitative estimate of drug-likeness (QED) is 0.850. The van der Waals surface area contributed by atoms with E-state index in [1.165, 1.54) is 0 Å². The molecule has 1 heterocycles. The van der Waals surface area contributed by atoms with Crippen LogP contribution in [0.3, 0.4) is 0 Å². The lowest BCUT2D eigenvalue weighted by atomic mass is 10.2. The van der Waals surface area contributed by atoms with Gasteiger partial charge in [-0.3, -0.25) is 4.79 Å². The van der Waals surface area contributed by atoms with Crippen LogP contribution < -0.4 is 10.6 Å². The van der Waals surface area contributed by atoms with E-state index in [1.54, 1.807) is 18.3 Å². The number of aromatic nitrogens is 2. The molecule has 2 N–H and O–H groups in total. The zero-order valence-electron chi connectivity index (χ0n) is 13.4. The maximum absolute atomic E-state index is 12.1. The number of carbonyl (C=O) groups excluding carboxylic acids is 1. The van der Waals surface area contributed by atoms with Gasteiger partial charge in [-0.15, -0.1) is 0 Å². The van der Waals surface area contributed by atoms with Crippen molar-refractivity contribution in [3.05, 3.63) is 46.7 Å². The van der Waals surface area contributed by atoms with Crippen molar-refractivity contribution in [2.24, 2.45) is 0 Å². The Bertz CT molecular complexity index is 690. The van der Waals surface area contributed by atoms with Crippen LogP contribution in [0.25, 0.3) is 0 Å². The zero-order valence-corrected chi connectivity index (χ0v) is 14.2. The SMILES string of the molecule is Cc1cc(Cl)ccc1Nc1nccc(C(=O)NCCN(C)C)n1. The van der Waals surface area contributed by atoms with Crippen LogP contribution in [0.4, 0.5) is 11.6 Å². The molecule has 0 aliphatic rings. The van der Waals surface area contributed by atoms with Crippen LogP contribution in [-0.4, -0.2) is 48.0 Å². The minimum Gasteiger partial charge on any atom is -0.349 e. The summed E-state index contributed by atoms with van der Waals surface area (Å²) in [6.45, 7) is 3.27. The van der Waals surface area contributed by atoms with E-state index >= 15 is 0 Å². The largest absolute Gasteiger partial charge is 0.349 e. The van der Waals surface area contributed by atoms with E-state index in [0.29, 0.717) is 23.2 Å². The Balaban J connectivity index is 2.06. The van der Waals surface area contributed by atoms with Crippen molar-refractivity contribution in [2.75, 3.05) is 32.5 Å². The van der Waals surface area contributed by atoms with Crippen molar-refractivity contribution in [1.29, 1.82) is 0 Å². The molecule has 0 aliphatic carbocycles. The van der Waals surface area contributed by atoms with Crippen LogP contribution in [0.5, 0.6) is 0 Å². The number of nitrogens with zero attached hydrogens (tertiary/aromatic N) is 3. The first-order chi connectivity index (χ1) is 11.0. The number of hydrogen-bond donors (Lipinski definition) is 2. The van der Waals surface area contributed by atoms with Crippen LogP contribution in [0, 0.1) is 6.92 Å². The average molecular weight is 334 g/mol. The molecular formula is C16H20ClN5O. The summed E-state index contributed by atoms with van der Waals surface area (Å²) in [5, 5.41) is 6.59. The van der Waals surface area contributed by atoms with E-state index in [9.17, 15) is 4.79 Å². The molecule has 0 saturated carbocycles. The predicted octanol–water partition coefficient (Wildman–Crippen LogP) is 2.47. The fourth-order valence-electron chi connectivity index (χ4n) is 1.92. The van der Waals surface area contributed by atoms with E-state index < -0.39 is 0 Å². The number of amides is 1. The highest BCUT2D eigenvalue weighted by atomic mass is 35.5. The summed E-state index contributed by atoms with van der Waals surface area (Å²) in [5.41, 5.74) is 2.15. The van der Waals surface area contributed by atoms with E-state index in [-0.39, 0.29) is 5.91 Å². The molecule has 0 aliphatic heterocycles. The summed E-state index contributed by atoms with van der Waals surface area (Å²) in [6, 6.07) is 7.08. The van der Waals surface area contributed by atoms with Crippen molar-refractivity contribution < 1.29 is 4.79 Å². The molecule has 6 nitrogen and oxygen atoms in total. The van der Waals surface area contributed by atoms with Crippen LogP contribution in [0.15, 0.2) is 30.5 Å². The van der Waals surface area contributed by atoms with Crippen molar-refractivity contribution in [3.8, 4) is 0 Å². The molecule has 2 aromatic rings. The number of halogens is 1. The first-order valence-electron chi connectivity index (χ1n) is 7.25. The molecule has 2 rings (SSSR count). The molecule has 0 fully saturated rings. The van der Waals surface area contributed by atoms with Gasteiger partial charge in [0.05, 0.1) is 0 Å². The van der Waals surface area contributed by atoms with E-state index in [0.717, 1.165) is 17.8 Å². The van der Waals surface area contributed by atoms with Gasteiger partial charge in [-0.25, -0.2) is 9.97 Å². The Labute approximate surface area is 140 Å². The van der Waals surface area contributed by atoms with Gasteiger partial charge in [-0.05, 0) is 50.8 Å². The third-order valence-electron chi connectivity index (χ3n) is 3.17. The summed E-state index contributed by atoms with van der Waals surface area (Å²) in [5.74, 6) is 0.154. The Morgan fingerprint density at radius 3 is 2.78 bits per heavy atom. The molecule has 0 radical (unpaired) electrons. The summed E-state index contributed by atoms with van der Waals surface area (Å²) in [6.07, 6.45) is 1.56. The van der Waals surface area contributed by atoms with Gasteiger partial charge in [0.2, 0.25) is 5.95 Å². The minimum absolute atomic E-state index is 0.217. The number of likely N-dealkylation sites (N-methyl/N-ethyl adjacent to an activating group) is 1. The molecule has 0 atom stereocenters. The topological polar surface area (TPSA) is 70.2 Å². The number of aryl methyl sites for hydroxylation is 1. The fraction of sp³-hybridized carbons (Fsp3) is 0.312. The van der Waals surface area contributed by atoms with Gasteiger partial charge in [0.15, 0.2) is 0 Å². The maximum atomic E-state index is 12.1. The summed E-state index contributed by atoms with van der Waals surface area (Å²) in [4.78, 5) is 22.5. The molecule has 1 amide bonds. The number of benzene rings is 1. The number of hydrogen-bond acceptors (Lipinski definition) is 5. The molecule has 122 valence electrons. The molecule has 23 heavy (non-hydrogen) atoms. The van der Waals surface area contributed by atoms with E-state index in [1.807, 2.05) is 38.1 Å². The zero-order chi connectivity index (χ0) is 16.8. The van der Waals surface area contributed by atoms with Gasteiger partial charge in [-0.2, -0.15) is 0 Å². The molecule has 7 heteroatoms. The Kier molecular flexibility index (Phi) is 5.90. The molecule has 0 saturated heterocycles. The predicted molar refractivity (Wildman–Crippen MR) is 92.4 cm³/mol. The average Bonchev–Trinajstić information content (AvgIpc) is 2.50. The number of rotatable bonds is 6. The Morgan fingerprint density at radius 2 is 2.09 bits per heavy atom. The smallest absolute Gasteiger partial charge is 0.270 e. The van der Waals surface area contributed by atoms with Gasteiger partial charge in [0, 0.05) is 30.0 Å². The van der Waals surface area contributed by atoms with Crippen LogP contribution in [0.2, 0.25) is 5.02 Å². The minimum atomic E-state index is -0.217. The fourth-order valence-corrected chi connectivity index (χ4v) is 2.14. The normalized spacial score (nSPS) is 10.7. The summed E-state index contributed by atoms with van der Waals surface area (Å²) in [7, 11) is 3.90. The lowest BCUT2D eigenvalue weighted by Gasteiger charge is -2.11. The summed E-state index contributed by atoms with van der Waals surface area (Å²) >= 11 is 5.94. The third kappa shape index (κ3) is 5.19. The van der Waals surface area contributed by atoms with Gasteiger partial charge >= 0.3 is 0 Å². The van der Waals surface area contributed by atoms with Crippen molar-refractivity contribution >= 4 is 29.1 Å². The first kappa shape index (κ1) is 17.2. The number of carbonyl (C=O) groups is 1. The third-order valence-corrected chi connectivity index (χ3v) is 3.40. The molecule has 1 aromatic carbocycles. The lowest BCUT2D eigenvalue weighted by molar-refractivity contribution is 0.0946. The number of nitrogens with one attached hydrogen (secondary N) is 2. The lowest BCUT2D eigenvalue weighted by Crippen LogP contribution is -2.31. The van der Waals surface area contributed by atoms with Crippen molar-refractivity contribution in [3.63, 3.8) is 0 Å². The highest BCUT2D eigenvalue weighted by Gasteiger charge is 2.09. The van der Waals surface area contributed by atoms with Crippen LogP contribution in [-0.2, 0) is 0 Å². The standard InChI is InChI=1S/C16H20ClN5O/c1-11-10-12(17)4-5-13(11)20-16-19-7-6-14(21-16)15(23)18-8-9-22(2)3/h4-7,10H,8-9H2,1-3H3,(H,18,23)(H,19,20,21). The molecular weight excluding hydrogens is 314 g/mol. The van der Waals surface area contributed by atoms with Gasteiger partial charge < -0.3 is 15.5 Å². The first-order valence-corrected chi connectivity index (χ1v) is 7.62. The van der Waals surface area contributed by atoms with E-state index in [4.69, 9.17) is 11.6 Å². The van der Waals surface area contributed by atoms with Crippen LogP contribution >= 0.6 is 11.6 Å². The molecule has 0 unspecified atom stereocenters. The van der Waals surface area contributed by atoms with E-state index in [2.05, 4.69) is 20.6 Å². The number of anilines is 2. The highest BCUT2D eigenvalue weighted by Crippen LogP contribution is 2.21. The van der Waals surface area contributed by atoms with Crippen LogP contribution in [0.1, 0.15) is 16.1 Å². The molecule has 0 spiro atoms. The van der Waals surface area contributed by atoms with Gasteiger partial charge in [0.25, 0.3) is 5.91 Å². The Morgan fingerprint density at radius 1 is 1.30 bits per heavy atom. The van der Waals surface area contributed by atoms with Crippen molar-refractivity contribution in [1.82, 2.24) is 20.2 Å². The van der Waals surface area contributed by atoms with Crippen molar-refractivity contribution in [2.45, 2.75) is 6.92 Å². The van der Waals surface area contributed by atoms with Gasteiger partial charge in [-0.1, -0.05) is 11.6 Å². The highest BCUT2D eigenvalue weighted by molar-refractivity contribution is 6.30. The second kappa shape index (κ2) is 7.89. The molecule has 0 bridgehead atoms. The molecule has 1 aromatic heterocycles. The summed E-state index contributed by atoms with van der Waals surface area (Å²) < 4.78 is 0. The second-order valence-corrected chi connectivity index (χ2v) is 5.85. The monoisotopic (exact) mass is 333 g/mol. The second-order valence-electron chi connectivity index (χ2n) is 5.41. The Hall–Kier alpha value is -2.18. The maximum Gasteiger partial charge on any atom is 0.270 e.